The second-order valence-electron chi connectivity index (χ2n) is 18.8. The molecule has 23 heteroatoms. The van der Waals surface area contributed by atoms with Crippen molar-refractivity contribution in [2.24, 2.45) is 11.8 Å². The number of hydrogen-bond donors (Lipinski definition) is 7. The maximum atomic E-state index is 14.3. The number of nitrogens with two attached hydrogens (primary N) is 1. The third-order valence-corrected chi connectivity index (χ3v) is 14.9. The van der Waals surface area contributed by atoms with Gasteiger partial charge < -0.3 is 50.2 Å². The van der Waals surface area contributed by atoms with Crippen LogP contribution >= 0.6 is 15.6 Å². The number of nitrogens with zero attached hydrogens (tertiary/aromatic N) is 2. The number of ketones is 1. The average molecular weight is 1120 g/mol. The molecule has 1 saturated heterocycles. The van der Waals surface area contributed by atoms with Gasteiger partial charge in [0.25, 0.3) is 0 Å². The molecule has 0 amide bonds. The minimum Gasteiger partial charge on any atom is -0.462 e. The Morgan fingerprint density at radius 2 is 1.49 bits per heavy atom. The van der Waals surface area contributed by atoms with Gasteiger partial charge in [-0.25, -0.2) is 13.9 Å². The molecule has 0 saturated carbocycles. The number of phosphoric acid groups is 2. The first kappa shape index (κ1) is 66.8. The number of aliphatic hydroxyl groups is 4. The summed E-state index contributed by atoms with van der Waals surface area (Å²) in [5, 5.41) is 45.6. The first-order valence-corrected chi connectivity index (χ1v) is 29.7. The Hall–Kier alpha value is -4.47. The van der Waals surface area contributed by atoms with Gasteiger partial charge in [0.1, 0.15) is 36.6 Å². The quantitative estimate of drug-likeness (QED) is 0.0236. The van der Waals surface area contributed by atoms with E-state index in [4.69, 9.17) is 29.0 Å². The molecular weight excluding hydrogens is 1040 g/mol. The summed E-state index contributed by atoms with van der Waals surface area (Å²) in [6.45, 7) is 1.28. The number of nitrogen functional groups attached to an aromatic ring is 1. The van der Waals surface area contributed by atoms with E-state index in [1.807, 2.05) is 6.92 Å². The summed E-state index contributed by atoms with van der Waals surface area (Å²) >= 11 is 0. The van der Waals surface area contributed by atoms with Crippen LogP contribution in [-0.4, -0.2) is 114 Å². The Morgan fingerprint density at radius 1 is 0.844 bits per heavy atom. The van der Waals surface area contributed by atoms with Crippen molar-refractivity contribution < 1.29 is 81.3 Å². The summed E-state index contributed by atoms with van der Waals surface area (Å²) in [6, 6.07) is 1.21. The van der Waals surface area contributed by atoms with Crippen molar-refractivity contribution in [3.63, 3.8) is 0 Å². The van der Waals surface area contributed by atoms with E-state index in [9.17, 15) is 58.5 Å². The number of carbonyl (C=O) groups excluding carboxylic acids is 3. The standard InChI is InChI=1S/C54H83N3O18P2/c1-3-5-7-8-9-10-11-12-13-14-15-16-17-18-19-20-21-22-28-32-50(62)73-42-38-70-49(61)31-27-24-23-26-30-44-46(60)37-45(59)43(34-33-41(58)29-25-6-4-2)51(63)52(64)47(40-72-77(68,69)75-76(66,67)71-39-42)74-53(44)57-36-35-48(55)56-54(57)65/h5,7,9-10,12-13,15-16,18-19,23,26,33-36,41-45,47,51-53,58-59,63-64H,3-4,6,8,11,14,17,20-22,24-25,27-32,37-40H2,1-2H3,(H,66,67)(H,68,69)(H2,55,56,65)/b7-5-,10-9-,13-12-,16-15-,19-18-,26-23-,34-33+/t41-,42+,43-,44-,45+,47+,51-,52+,53+/m0/s1. The van der Waals surface area contributed by atoms with Gasteiger partial charge in [0.05, 0.1) is 37.4 Å². The molecule has 3 heterocycles. The highest BCUT2D eigenvalue weighted by Gasteiger charge is 2.45. The van der Waals surface area contributed by atoms with Crippen molar-refractivity contribution >= 4 is 39.2 Å². The number of unbranched alkanes of at least 4 members (excludes halogenated alkanes) is 5. The number of carbonyl (C=O) groups is 3. The van der Waals surface area contributed by atoms with Crippen LogP contribution in [0.4, 0.5) is 5.82 Å². The Bertz CT molecular complexity index is 2300. The maximum absolute atomic E-state index is 14.3. The predicted octanol–water partition coefficient (Wildman–Crippen LogP) is 8.03. The second kappa shape index (κ2) is 37.4. The number of rotatable bonds is 23. The van der Waals surface area contributed by atoms with Gasteiger partial charge in [-0.05, 0) is 83.1 Å². The molecule has 2 aliphatic rings. The second-order valence-corrected chi connectivity index (χ2v) is 21.8. The number of ether oxygens (including phenoxy) is 3. The van der Waals surface area contributed by atoms with Gasteiger partial charge >= 0.3 is 33.3 Å². The molecule has 21 nitrogen and oxygen atoms in total. The maximum Gasteiger partial charge on any atom is 0.481 e. The molecule has 432 valence electrons. The van der Waals surface area contributed by atoms with E-state index in [2.05, 4.69) is 77.0 Å². The molecule has 1 aromatic rings. The fourth-order valence-electron chi connectivity index (χ4n) is 8.09. The molecule has 8 N–H and O–H groups in total. The summed E-state index contributed by atoms with van der Waals surface area (Å²) in [5.74, 6) is -5.22. The summed E-state index contributed by atoms with van der Waals surface area (Å²) in [4.78, 5) is 78.5. The van der Waals surface area contributed by atoms with Crippen molar-refractivity contribution in [3.05, 3.63) is 108 Å². The van der Waals surface area contributed by atoms with Crippen molar-refractivity contribution in [1.29, 1.82) is 0 Å². The zero-order chi connectivity index (χ0) is 56.5. The van der Waals surface area contributed by atoms with E-state index >= 15 is 0 Å². The monoisotopic (exact) mass is 1120 g/mol. The molecule has 1 aromatic heterocycles. The molecule has 2 bridgehead atoms. The first-order valence-electron chi connectivity index (χ1n) is 26.7. The molecule has 11 atom stereocenters. The fourth-order valence-corrected chi connectivity index (χ4v) is 10.2. The van der Waals surface area contributed by atoms with E-state index in [1.165, 1.54) is 18.2 Å². The zero-order valence-electron chi connectivity index (χ0n) is 44.4. The Labute approximate surface area is 452 Å². The normalized spacial score (nSPS) is 29.1. The topological polar surface area (TPSA) is 323 Å². The van der Waals surface area contributed by atoms with Gasteiger partial charge in [-0.2, -0.15) is 9.29 Å². The molecule has 77 heavy (non-hydrogen) atoms. The third-order valence-electron chi connectivity index (χ3n) is 12.3. The zero-order valence-corrected chi connectivity index (χ0v) is 46.2. The lowest BCUT2D eigenvalue weighted by Crippen LogP contribution is -2.51. The van der Waals surface area contributed by atoms with Crippen molar-refractivity contribution in [1.82, 2.24) is 9.55 Å². The number of Topliss-reactive ketones (excluding diaryl/α,β-unsaturated/α-hetero) is 1. The van der Waals surface area contributed by atoms with Gasteiger partial charge in [0.2, 0.25) is 0 Å². The molecule has 1 fully saturated rings. The summed E-state index contributed by atoms with van der Waals surface area (Å²) < 4.78 is 58.9. The van der Waals surface area contributed by atoms with Crippen LogP contribution in [0.25, 0.3) is 0 Å². The van der Waals surface area contributed by atoms with Gasteiger partial charge in [-0.15, -0.1) is 0 Å². The van der Waals surface area contributed by atoms with Crippen LogP contribution in [0.1, 0.15) is 142 Å². The van der Waals surface area contributed by atoms with E-state index in [0.29, 0.717) is 25.7 Å². The smallest absolute Gasteiger partial charge is 0.462 e. The highest BCUT2D eigenvalue weighted by molar-refractivity contribution is 7.61. The number of aliphatic hydroxyl groups excluding tert-OH is 4. The van der Waals surface area contributed by atoms with Crippen LogP contribution in [-0.2, 0) is 51.1 Å². The van der Waals surface area contributed by atoms with Crippen LogP contribution in [0, 0.1) is 11.8 Å². The lowest BCUT2D eigenvalue weighted by atomic mass is 9.83. The number of cyclic esters (lactones) is 1. The summed E-state index contributed by atoms with van der Waals surface area (Å²) in [5.41, 5.74) is 4.72. The van der Waals surface area contributed by atoms with E-state index < -0.39 is 120 Å². The highest BCUT2D eigenvalue weighted by Crippen LogP contribution is 2.60. The minimum absolute atomic E-state index is 0.0486. The number of hydrogen-bond acceptors (Lipinski definition) is 18. The van der Waals surface area contributed by atoms with Crippen molar-refractivity contribution in [2.45, 2.75) is 179 Å². The predicted molar refractivity (Wildman–Crippen MR) is 289 cm³/mol. The van der Waals surface area contributed by atoms with Crippen LogP contribution < -0.4 is 11.4 Å². The van der Waals surface area contributed by atoms with Crippen LogP contribution in [0.3, 0.4) is 0 Å². The third kappa shape index (κ3) is 27.8. The Morgan fingerprint density at radius 3 is 2.14 bits per heavy atom. The van der Waals surface area contributed by atoms with Crippen LogP contribution in [0.5, 0.6) is 0 Å². The van der Waals surface area contributed by atoms with Crippen LogP contribution in [0.15, 0.2) is 102 Å². The minimum atomic E-state index is -5.74. The number of fused-ring (bicyclic) bond motifs is 3. The first-order chi connectivity index (χ1) is 36.9. The van der Waals surface area contributed by atoms with E-state index in [1.54, 1.807) is 12.2 Å². The summed E-state index contributed by atoms with van der Waals surface area (Å²) in [6.07, 6.45) is 25.4. The largest absolute Gasteiger partial charge is 0.481 e. The number of phosphoric ester groups is 2. The Kier molecular flexibility index (Phi) is 32.5. The molecule has 0 aromatic carbocycles. The molecule has 0 radical (unpaired) electrons. The van der Waals surface area contributed by atoms with E-state index in [0.717, 1.165) is 68.6 Å². The number of aromatic nitrogens is 2. The van der Waals surface area contributed by atoms with Gasteiger partial charge in [-0.1, -0.05) is 125 Å². The van der Waals surface area contributed by atoms with Gasteiger partial charge in [0.15, 0.2) is 6.10 Å². The molecule has 3 rings (SSSR count). The number of allylic oxidation sites excluding steroid dienone is 12. The van der Waals surface area contributed by atoms with Crippen molar-refractivity contribution in [3.8, 4) is 0 Å². The Balaban J connectivity index is 1.75. The molecule has 2 aliphatic heterocycles. The molecule has 0 spiro atoms. The lowest BCUT2D eigenvalue weighted by molar-refractivity contribution is -0.183. The SMILES string of the molecule is CC/C=C\C/C=C\C/C=C\C/C=C\C/C=C\CCCCCC(=O)O[C@@H]1COC(=O)CCC/C=C\C[C@H]2C(=O)C[C@@H](O)[C@H](/C=C/[C@@H](O)CCCCC)[C@H](O)[C@H](O)[C@@H](COP(=O)(O)OP(=O)(O)OC1)O[C@H]2n1ccc(N)nc1=O. The van der Waals surface area contributed by atoms with Gasteiger partial charge in [0, 0.05) is 31.4 Å². The number of anilines is 1. The average Bonchev–Trinajstić information content (AvgIpc) is 3.37. The van der Waals surface area contributed by atoms with Crippen molar-refractivity contribution in [2.75, 3.05) is 25.6 Å². The number of esters is 2. The van der Waals surface area contributed by atoms with Crippen LogP contribution in [0.2, 0.25) is 0 Å². The van der Waals surface area contributed by atoms with E-state index in [-0.39, 0.29) is 37.9 Å². The molecule has 2 unspecified atom stereocenters. The fraction of sp³-hybridized carbons (Fsp3) is 0.611. The molecule has 0 aliphatic carbocycles. The molecular formula is C54H83N3O18P2. The van der Waals surface area contributed by atoms with Gasteiger partial charge in [-0.3, -0.25) is 28.0 Å². The summed E-state index contributed by atoms with van der Waals surface area (Å²) in [7, 11) is -11.4. The lowest BCUT2D eigenvalue weighted by Gasteiger charge is -2.38. The highest BCUT2D eigenvalue weighted by atomic mass is 31.3.